The zero-order chi connectivity index (χ0) is 19.4. The number of aryl methyl sites for hydroxylation is 1. The maximum Gasteiger partial charge on any atom is 0.573 e. The number of benzene rings is 2. The standard InChI is InChI=1S/C19H16F3N3O2/c20-19(21,22)27-16-6-7-17-14(10-16)4-2-8-25(17)12-18(26)24-15-5-1-3-13(9-15)11-23/h1,3,5-7,9-10H,2,4,8,12H2,(H,24,26). The molecule has 0 aromatic heterocycles. The third kappa shape index (κ3) is 4.91. The van der Waals surface area contributed by atoms with Crippen molar-refractivity contribution in [2.24, 2.45) is 0 Å². The highest BCUT2D eigenvalue weighted by molar-refractivity contribution is 5.94. The third-order valence-electron chi connectivity index (χ3n) is 4.11. The van der Waals surface area contributed by atoms with E-state index in [-0.39, 0.29) is 18.2 Å². The molecule has 8 heteroatoms. The second-order valence-electron chi connectivity index (χ2n) is 6.10. The van der Waals surface area contributed by atoms with Crippen LogP contribution in [-0.2, 0) is 11.2 Å². The van der Waals surface area contributed by atoms with E-state index in [4.69, 9.17) is 5.26 Å². The van der Waals surface area contributed by atoms with Crippen molar-refractivity contribution >= 4 is 17.3 Å². The number of hydrogen-bond acceptors (Lipinski definition) is 4. The van der Waals surface area contributed by atoms with Crippen LogP contribution in [0.2, 0.25) is 0 Å². The molecule has 0 spiro atoms. The molecule has 140 valence electrons. The number of rotatable bonds is 4. The van der Waals surface area contributed by atoms with Gasteiger partial charge in [-0.1, -0.05) is 6.07 Å². The number of nitrogens with one attached hydrogen (secondary N) is 1. The van der Waals surface area contributed by atoms with E-state index in [0.717, 1.165) is 12.1 Å². The number of alkyl halides is 3. The second kappa shape index (κ2) is 7.58. The number of anilines is 2. The van der Waals surface area contributed by atoms with Gasteiger partial charge in [0, 0.05) is 17.9 Å². The van der Waals surface area contributed by atoms with Crippen molar-refractivity contribution in [3.8, 4) is 11.8 Å². The predicted octanol–water partition coefficient (Wildman–Crippen LogP) is 3.85. The molecule has 0 bridgehead atoms. The Morgan fingerprint density at radius 3 is 2.81 bits per heavy atom. The van der Waals surface area contributed by atoms with Crippen LogP contribution in [0.15, 0.2) is 42.5 Å². The molecule has 0 fully saturated rings. The molecule has 0 aliphatic carbocycles. The largest absolute Gasteiger partial charge is 0.573 e. The fourth-order valence-electron chi connectivity index (χ4n) is 3.05. The Kier molecular flexibility index (Phi) is 5.21. The van der Waals surface area contributed by atoms with Crippen LogP contribution < -0.4 is 15.0 Å². The molecule has 0 atom stereocenters. The number of carbonyl (C=O) groups is 1. The summed E-state index contributed by atoms with van der Waals surface area (Å²) in [6.45, 7) is 0.682. The zero-order valence-electron chi connectivity index (χ0n) is 14.2. The Morgan fingerprint density at radius 1 is 1.26 bits per heavy atom. The van der Waals surface area contributed by atoms with Crippen LogP contribution in [0.1, 0.15) is 17.5 Å². The lowest BCUT2D eigenvalue weighted by Crippen LogP contribution is -2.36. The van der Waals surface area contributed by atoms with E-state index in [0.29, 0.717) is 29.8 Å². The van der Waals surface area contributed by atoms with E-state index in [9.17, 15) is 18.0 Å². The van der Waals surface area contributed by atoms with Gasteiger partial charge in [-0.15, -0.1) is 13.2 Å². The van der Waals surface area contributed by atoms with Gasteiger partial charge in [0.25, 0.3) is 0 Å². The van der Waals surface area contributed by atoms with Crippen molar-refractivity contribution in [3.63, 3.8) is 0 Å². The number of nitrogens with zero attached hydrogens (tertiary/aromatic N) is 2. The second-order valence-corrected chi connectivity index (χ2v) is 6.10. The number of fused-ring (bicyclic) bond motifs is 1. The minimum Gasteiger partial charge on any atom is -0.406 e. The Morgan fingerprint density at radius 2 is 2.07 bits per heavy atom. The SMILES string of the molecule is N#Cc1cccc(NC(=O)CN2CCCc3cc(OC(F)(F)F)ccc32)c1. The van der Waals surface area contributed by atoms with Crippen LogP contribution in [0, 0.1) is 11.3 Å². The van der Waals surface area contributed by atoms with Gasteiger partial charge in [-0.05, 0) is 54.8 Å². The average Bonchev–Trinajstić information content (AvgIpc) is 2.60. The van der Waals surface area contributed by atoms with Gasteiger partial charge in [0.2, 0.25) is 5.91 Å². The quantitative estimate of drug-likeness (QED) is 0.882. The summed E-state index contributed by atoms with van der Waals surface area (Å²) < 4.78 is 41.1. The molecule has 0 unspecified atom stereocenters. The fourth-order valence-corrected chi connectivity index (χ4v) is 3.05. The molecule has 5 nitrogen and oxygen atoms in total. The molecule has 1 heterocycles. The van der Waals surface area contributed by atoms with Crippen molar-refractivity contribution in [3.05, 3.63) is 53.6 Å². The third-order valence-corrected chi connectivity index (χ3v) is 4.11. The van der Waals surface area contributed by atoms with Crippen molar-refractivity contribution < 1.29 is 22.7 Å². The van der Waals surface area contributed by atoms with Gasteiger partial charge in [-0.3, -0.25) is 4.79 Å². The van der Waals surface area contributed by atoms with E-state index in [1.165, 1.54) is 12.1 Å². The maximum absolute atomic E-state index is 12.4. The molecule has 0 radical (unpaired) electrons. The lowest BCUT2D eigenvalue weighted by atomic mass is 10.0. The summed E-state index contributed by atoms with van der Waals surface area (Å²) in [5.41, 5.74) is 2.39. The Bertz CT molecular complexity index is 890. The first-order valence-electron chi connectivity index (χ1n) is 8.28. The highest BCUT2D eigenvalue weighted by Crippen LogP contribution is 2.32. The topological polar surface area (TPSA) is 65.4 Å². The van der Waals surface area contributed by atoms with E-state index in [1.54, 1.807) is 30.3 Å². The molecule has 2 aromatic rings. The first-order chi connectivity index (χ1) is 12.8. The number of ether oxygens (including phenoxy) is 1. The molecule has 0 saturated carbocycles. The summed E-state index contributed by atoms with van der Waals surface area (Å²) in [5, 5.41) is 11.6. The Labute approximate surface area is 154 Å². The van der Waals surface area contributed by atoms with Crippen LogP contribution in [0.3, 0.4) is 0 Å². The lowest BCUT2D eigenvalue weighted by molar-refractivity contribution is -0.274. The van der Waals surface area contributed by atoms with E-state index >= 15 is 0 Å². The molecule has 2 aromatic carbocycles. The zero-order valence-corrected chi connectivity index (χ0v) is 14.2. The summed E-state index contributed by atoms with van der Waals surface area (Å²) >= 11 is 0. The van der Waals surface area contributed by atoms with Crippen molar-refractivity contribution in [1.82, 2.24) is 0 Å². The Balaban J connectivity index is 1.70. The van der Waals surface area contributed by atoms with Gasteiger partial charge in [0.15, 0.2) is 0 Å². The van der Waals surface area contributed by atoms with Crippen LogP contribution in [0.4, 0.5) is 24.5 Å². The summed E-state index contributed by atoms with van der Waals surface area (Å²) in [7, 11) is 0. The number of carbonyl (C=O) groups excluding carboxylic acids is 1. The van der Waals surface area contributed by atoms with E-state index in [1.807, 2.05) is 11.0 Å². The minimum atomic E-state index is -4.74. The van der Waals surface area contributed by atoms with Gasteiger partial charge < -0.3 is 15.0 Å². The predicted molar refractivity (Wildman–Crippen MR) is 93.4 cm³/mol. The van der Waals surface area contributed by atoms with Gasteiger partial charge in [-0.2, -0.15) is 5.26 Å². The Hall–Kier alpha value is -3.21. The monoisotopic (exact) mass is 375 g/mol. The smallest absolute Gasteiger partial charge is 0.406 e. The van der Waals surface area contributed by atoms with Gasteiger partial charge in [0.05, 0.1) is 18.2 Å². The number of amides is 1. The molecular formula is C19H16F3N3O2. The molecule has 0 saturated heterocycles. The van der Waals surface area contributed by atoms with Gasteiger partial charge in [0.1, 0.15) is 5.75 Å². The summed E-state index contributed by atoms with van der Waals surface area (Å²) in [5.74, 6) is -0.533. The molecule has 27 heavy (non-hydrogen) atoms. The highest BCUT2D eigenvalue weighted by Gasteiger charge is 2.31. The highest BCUT2D eigenvalue weighted by atomic mass is 19.4. The minimum absolute atomic E-state index is 0.0588. The molecule has 1 aliphatic rings. The van der Waals surface area contributed by atoms with Gasteiger partial charge >= 0.3 is 6.36 Å². The first kappa shape index (κ1) is 18.6. The van der Waals surface area contributed by atoms with E-state index in [2.05, 4.69) is 10.1 Å². The van der Waals surface area contributed by atoms with Crippen LogP contribution in [-0.4, -0.2) is 25.4 Å². The number of nitriles is 1. The number of hydrogen-bond donors (Lipinski definition) is 1. The summed E-state index contributed by atoms with van der Waals surface area (Å²) in [4.78, 5) is 14.2. The maximum atomic E-state index is 12.4. The molecule has 1 amide bonds. The summed E-state index contributed by atoms with van der Waals surface area (Å²) in [6.07, 6.45) is -3.40. The molecule has 3 rings (SSSR count). The van der Waals surface area contributed by atoms with Crippen LogP contribution in [0.25, 0.3) is 0 Å². The van der Waals surface area contributed by atoms with Crippen molar-refractivity contribution in [2.45, 2.75) is 19.2 Å². The lowest BCUT2D eigenvalue weighted by Gasteiger charge is -2.31. The van der Waals surface area contributed by atoms with Crippen LogP contribution in [0.5, 0.6) is 5.75 Å². The van der Waals surface area contributed by atoms with Gasteiger partial charge in [-0.25, -0.2) is 0 Å². The molecular weight excluding hydrogens is 359 g/mol. The van der Waals surface area contributed by atoms with E-state index < -0.39 is 6.36 Å². The number of halogens is 3. The normalized spacial score (nSPS) is 13.5. The molecule has 1 aliphatic heterocycles. The van der Waals surface area contributed by atoms with Crippen molar-refractivity contribution in [1.29, 1.82) is 5.26 Å². The summed E-state index contributed by atoms with van der Waals surface area (Å²) in [6, 6.07) is 12.7. The first-order valence-corrected chi connectivity index (χ1v) is 8.28. The van der Waals surface area contributed by atoms with Crippen molar-refractivity contribution in [2.75, 3.05) is 23.3 Å². The average molecular weight is 375 g/mol. The molecule has 1 N–H and O–H groups in total. The fraction of sp³-hybridized carbons (Fsp3) is 0.263. The van der Waals surface area contributed by atoms with Crippen LogP contribution >= 0.6 is 0 Å².